The van der Waals surface area contributed by atoms with E-state index in [4.69, 9.17) is 4.74 Å². The van der Waals surface area contributed by atoms with E-state index in [9.17, 15) is 22.8 Å². The molecule has 0 fully saturated rings. The minimum Gasteiger partial charge on any atom is -0.491 e. The maximum Gasteiger partial charge on any atom is 0.416 e. The number of carbonyl (C=O) groups excluding carboxylic acids is 1. The predicted molar refractivity (Wildman–Crippen MR) is 98.5 cm³/mol. The summed E-state index contributed by atoms with van der Waals surface area (Å²) in [6.45, 7) is 5.48. The second kappa shape index (κ2) is 8.90. The number of aryl methyl sites for hydroxylation is 2. The average Bonchev–Trinajstić information content (AvgIpc) is 2.58. The first-order valence-corrected chi connectivity index (χ1v) is 8.82. The summed E-state index contributed by atoms with van der Waals surface area (Å²) in [5.74, 6) is 0.103. The number of hydrogen-bond acceptors (Lipinski definition) is 4. The van der Waals surface area contributed by atoms with Gasteiger partial charge >= 0.3 is 6.18 Å². The molecule has 2 rings (SSSR count). The molecule has 0 aliphatic carbocycles. The van der Waals surface area contributed by atoms with Crippen molar-refractivity contribution in [1.82, 2.24) is 9.97 Å². The van der Waals surface area contributed by atoms with Gasteiger partial charge < -0.3 is 15.0 Å². The standard InChI is InChI=1S/C19H22F3N3O3/c1-4-9-28-16-7-5-13(19(20,21)22)10-15(16)25-17(26)8-6-14-11(2)23-12(3)24-18(14)27/h5,7,10H,4,6,8-9H2,1-3H3,(H,25,26)(H,23,24,27). The molecule has 0 radical (unpaired) electrons. The Labute approximate surface area is 160 Å². The highest BCUT2D eigenvalue weighted by atomic mass is 19.4. The second-order valence-electron chi connectivity index (χ2n) is 6.32. The lowest BCUT2D eigenvalue weighted by Gasteiger charge is -2.15. The van der Waals surface area contributed by atoms with Crippen molar-refractivity contribution in [3.05, 3.63) is 51.2 Å². The summed E-state index contributed by atoms with van der Waals surface area (Å²) in [6.07, 6.45) is -3.85. The number of benzene rings is 1. The van der Waals surface area contributed by atoms with Crippen LogP contribution in [0.4, 0.5) is 18.9 Å². The SMILES string of the molecule is CCCOc1ccc(C(F)(F)F)cc1NC(=O)CCc1c(C)nc(C)[nH]c1=O. The second-order valence-corrected chi connectivity index (χ2v) is 6.32. The fraction of sp³-hybridized carbons (Fsp3) is 0.421. The molecule has 0 bridgehead atoms. The highest BCUT2D eigenvalue weighted by Gasteiger charge is 2.31. The van der Waals surface area contributed by atoms with E-state index in [1.165, 1.54) is 6.07 Å². The van der Waals surface area contributed by atoms with Crippen LogP contribution in [0, 0.1) is 13.8 Å². The number of nitrogens with zero attached hydrogens (tertiary/aromatic N) is 1. The predicted octanol–water partition coefficient (Wildman–Crippen LogP) is 3.77. The molecule has 0 spiro atoms. The van der Waals surface area contributed by atoms with Gasteiger partial charge in [0.2, 0.25) is 5.91 Å². The molecule has 0 saturated heterocycles. The maximum absolute atomic E-state index is 13.0. The fourth-order valence-electron chi connectivity index (χ4n) is 2.64. The van der Waals surface area contributed by atoms with Gasteiger partial charge in [0, 0.05) is 17.7 Å². The van der Waals surface area contributed by atoms with Crippen LogP contribution in [0.5, 0.6) is 5.75 Å². The first-order chi connectivity index (χ1) is 13.1. The van der Waals surface area contributed by atoms with E-state index in [-0.39, 0.29) is 29.8 Å². The van der Waals surface area contributed by atoms with Gasteiger partial charge in [-0.15, -0.1) is 0 Å². The van der Waals surface area contributed by atoms with Gasteiger partial charge in [-0.05, 0) is 44.9 Å². The van der Waals surface area contributed by atoms with Crippen LogP contribution in [0.1, 0.15) is 42.4 Å². The topological polar surface area (TPSA) is 84.1 Å². The third-order valence-electron chi connectivity index (χ3n) is 3.99. The Morgan fingerprint density at radius 1 is 1.29 bits per heavy atom. The summed E-state index contributed by atoms with van der Waals surface area (Å²) in [4.78, 5) is 31.0. The fourth-order valence-corrected chi connectivity index (χ4v) is 2.64. The molecule has 0 atom stereocenters. The highest BCUT2D eigenvalue weighted by molar-refractivity contribution is 5.92. The molecule has 152 valence electrons. The van der Waals surface area contributed by atoms with E-state index in [1.807, 2.05) is 6.92 Å². The summed E-state index contributed by atoms with van der Waals surface area (Å²) < 4.78 is 44.4. The van der Waals surface area contributed by atoms with E-state index in [0.29, 0.717) is 30.1 Å². The first kappa shape index (κ1) is 21.5. The third-order valence-corrected chi connectivity index (χ3v) is 3.99. The van der Waals surface area contributed by atoms with Crippen molar-refractivity contribution < 1.29 is 22.7 Å². The Hall–Kier alpha value is -2.84. The first-order valence-electron chi connectivity index (χ1n) is 8.82. The summed E-state index contributed by atoms with van der Waals surface area (Å²) in [5.41, 5.74) is -0.390. The van der Waals surface area contributed by atoms with Crippen LogP contribution in [-0.2, 0) is 17.4 Å². The zero-order valence-electron chi connectivity index (χ0n) is 15.9. The lowest BCUT2D eigenvalue weighted by atomic mass is 10.1. The molecule has 6 nitrogen and oxygen atoms in total. The Morgan fingerprint density at radius 2 is 2.00 bits per heavy atom. The van der Waals surface area contributed by atoms with Crippen molar-refractivity contribution in [2.45, 2.75) is 46.2 Å². The van der Waals surface area contributed by atoms with Gasteiger partial charge in [-0.25, -0.2) is 4.98 Å². The zero-order chi connectivity index (χ0) is 20.9. The Morgan fingerprint density at radius 3 is 2.61 bits per heavy atom. The number of aromatic amines is 1. The number of aromatic nitrogens is 2. The van der Waals surface area contributed by atoms with Crippen molar-refractivity contribution in [2.24, 2.45) is 0 Å². The molecule has 0 unspecified atom stereocenters. The van der Waals surface area contributed by atoms with Crippen LogP contribution in [0.25, 0.3) is 0 Å². The number of hydrogen-bond donors (Lipinski definition) is 2. The molecule has 0 aliphatic rings. The van der Waals surface area contributed by atoms with E-state index in [1.54, 1.807) is 13.8 Å². The number of anilines is 1. The molecule has 1 heterocycles. The largest absolute Gasteiger partial charge is 0.491 e. The van der Waals surface area contributed by atoms with E-state index in [2.05, 4.69) is 15.3 Å². The Kier molecular flexibility index (Phi) is 6.82. The molecule has 9 heteroatoms. The van der Waals surface area contributed by atoms with Crippen molar-refractivity contribution in [1.29, 1.82) is 0 Å². The van der Waals surface area contributed by atoms with Crippen LogP contribution >= 0.6 is 0 Å². The summed E-state index contributed by atoms with van der Waals surface area (Å²) in [6, 6.07) is 2.93. The lowest BCUT2D eigenvalue weighted by molar-refractivity contribution is -0.137. The Bertz CT molecular complexity index is 908. The molecule has 1 aromatic carbocycles. The van der Waals surface area contributed by atoms with Crippen molar-refractivity contribution in [3.8, 4) is 5.75 Å². The number of nitrogens with one attached hydrogen (secondary N) is 2. The highest BCUT2D eigenvalue weighted by Crippen LogP contribution is 2.35. The number of halogens is 3. The van der Waals surface area contributed by atoms with Crippen LogP contribution in [0.15, 0.2) is 23.0 Å². The summed E-state index contributed by atoms with van der Waals surface area (Å²) >= 11 is 0. The zero-order valence-corrected chi connectivity index (χ0v) is 15.9. The van der Waals surface area contributed by atoms with Gasteiger partial charge in [0.05, 0.1) is 17.9 Å². The smallest absolute Gasteiger partial charge is 0.416 e. The molecule has 1 amide bonds. The molecule has 2 N–H and O–H groups in total. The molecule has 2 aromatic rings. The van der Waals surface area contributed by atoms with E-state index >= 15 is 0 Å². The maximum atomic E-state index is 13.0. The molecule has 28 heavy (non-hydrogen) atoms. The number of carbonyl (C=O) groups is 1. The monoisotopic (exact) mass is 397 g/mol. The normalized spacial score (nSPS) is 11.4. The molecule has 0 aliphatic heterocycles. The lowest BCUT2D eigenvalue weighted by Crippen LogP contribution is -2.21. The van der Waals surface area contributed by atoms with E-state index in [0.717, 1.165) is 12.1 Å². The molecule has 0 saturated carbocycles. The van der Waals surface area contributed by atoms with Crippen LogP contribution in [-0.4, -0.2) is 22.5 Å². The number of rotatable bonds is 7. The van der Waals surface area contributed by atoms with Crippen LogP contribution < -0.4 is 15.6 Å². The van der Waals surface area contributed by atoms with Crippen molar-refractivity contribution in [2.75, 3.05) is 11.9 Å². The molecule has 1 aromatic heterocycles. The van der Waals surface area contributed by atoms with Gasteiger partial charge in [-0.2, -0.15) is 13.2 Å². The quantitative estimate of drug-likeness (QED) is 0.745. The molecular weight excluding hydrogens is 375 g/mol. The van der Waals surface area contributed by atoms with E-state index < -0.39 is 17.6 Å². The van der Waals surface area contributed by atoms with Crippen molar-refractivity contribution >= 4 is 11.6 Å². The molecular formula is C19H22F3N3O3. The van der Waals surface area contributed by atoms with Crippen molar-refractivity contribution in [3.63, 3.8) is 0 Å². The number of amides is 1. The number of H-pyrrole nitrogens is 1. The van der Waals surface area contributed by atoms with Gasteiger partial charge in [-0.3, -0.25) is 9.59 Å². The van der Waals surface area contributed by atoms with Gasteiger partial charge in [0.1, 0.15) is 11.6 Å². The van der Waals surface area contributed by atoms with Gasteiger partial charge in [0.25, 0.3) is 5.56 Å². The van der Waals surface area contributed by atoms with Gasteiger partial charge in [-0.1, -0.05) is 6.92 Å². The van der Waals surface area contributed by atoms with Crippen LogP contribution in [0.3, 0.4) is 0 Å². The minimum atomic E-state index is -4.54. The van der Waals surface area contributed by atoms with Crippen LogP contribution in [0.2, 0.25) is 0 Å². The number of ether oxygens (including phenoxy) is 1. The number of alkyl halides is 3. The average molecular weight is 397 g/mol. The third kappa shape index (κ3) is 5.58. The Balaban J connectivity index is 2.16. The summed E-state index contributed by atoms with van der Waals surface area (Å²) in [7, 11) is 0. The van der Waals surface area contributed by atoms with Gasteiger partial charge in [0.15, 0.2) is 0 Å². The minimum absolute atomic E-state index is 0.0547. The summed E-state index contributed by atoms with van der Waals surface area (Å²) in [5, 5.41) is 2.46.